The molecular formula is C10H17N3O3. The molecule has 1 rings (SSSR count). The van der Waals surface area contributed by atoms with E-state index in [-0.39, 0.29) is 18.2 Å². The average molecular weight is 227 g/mol. The fraction of sp³-hybridized carbons (Fsp3) is 0.700. The first kappa shape index (κ1) is 12.6. The van der Waals surface area contributed by atoms with Crippen LogP contribution in [0.3, 0.4) is 0 Å². The number of ether oxygens (including phenoxy) is 1. The lowest BCUT2D eigenvalue weighted by Crippen LogP contribution is -2.12. The van der Waals surface area contributed by atoms with Crippen molar-refractivity contribution in [1.29, 1.82) is 0 Å². The second kappa shape index (κ2) is 5.60. The lowest BCUT2D eigenvalue weighted by Gasteiger charge is -2.05. The van der Waals surface area contributed by atoms with E-state index in [9.17, 15) is 4.79 Å². The van der Waals surface area contributed by atoms with E-state index < -0.39 is 5.97 Å². The van der Waals surface area contributed by atoms with Gasteiger partial charge in [0.1, 0.15) is 0 Å². The van der Waals surface area contributed by atoms with E-state index >= 15 is 0 Å². The minimum atomic E-state index is -0.463. The van der Waals surface area contributed by atoms with E-state index in [4.69, 9.17) is 9.84 Å². The molecule has 0 fully saturated rings. The topological polar surface area (TPSA) is 77.2 Å². The summed E-state index contributed by atoms with van der Waals surface area (Å²) >= 11 is 0. The molecule has 0 saturated carbocycles. The maximum absolute atomic E-state index is 11.6. The van der Waals surface area contributed by atoms with Gasteiger partial charge in [-0.05, 0) is 12.8 Å². The van der Waals surface area contributed by atoms with Gasteiger partial charge < -0.3 is 9.84 Å². The van der Waals surface area contributed by atoms with E-state index in [2.05, 4.69) is 10.3 Å². The van der Waals surface area contributed by atoms with Crippen LogP contribution in [0.2, 0.25) is 0 Å². The number of aliphatic hydroxyl groups is 1. The van der Waals surface area contributed by atoms with Crippen molar-refractivity contribution < 1.29 is 14.6 Å². The average Bonchev–Trinajstić information content (AvgIpc) is 2.58. The highest BCUT2D eigenvalue weighted by atomic mass is 16.5. The van der Waals surface area contributed by atoms with Crippen LogP contribution in [-0.4, -0.2) is 39.3 Å². The van der Waals surface area contributed by atoms with Gasteiger partial charge in [0.15, 0.2) is 5.69 Å². The lowest BCUT2D eigenvalue weighted by molar-refractivity contribution is 0.0451. The Bertz CT molecular complexity index is 360. The van der Waals surface area contributed by atoms with Crippen molar-refractivity contribution in [1.82, 2.24) is 15.0 Å². The summed E-state index contributed by atoms with van der Waals surface area (Å²) in [6.07, 6.45) is 0. The number of carbonyl (C=O) groups excluding carboxylic acids is 1. The van der Waals surface area contributed by atoms with Crippen LogP contribution in [0, 0.1) is 12.8 Å². The molecule has 0 bridgehead atoms. The van der Waals surface area contributed by atoms with Gasteiger partial charge in [-0.25, -0.2) is 9.48 Å². The first-order chi connectivity index (χ1) is 7.56. The van der Waals surface area contributed by atoms with Crippen LogP contribution < -0.4 is 0 Å². The summed E-state index contributed by atoms with van der Waals surface area (Å²) in [6, 6.07) is 0. The smallest absolute Gasteiger partial charge is 0.360 e. The van der Waals surface area contributed by atoms with Crippen molar-refractivity contribution in [2.24, 2.45) is 5.92 Å². The van der Waals surface area contributed by atoms with Crippen LogP contribution in [0.15, 0.2) is 0 Å². The Morgan fingerprint density at radius 1 is 1.56 bits per heavy atom. The predicted molar refractivity (Wildman–Crippen MR) is 57.0 cm³/mol. The molecule has 0 aromatic carbocycles. The van der Waals surface area contributed by atoms with Gasteiger partial charge in [0, 0.05) is 0 Å². The normalized spacial score (nSPS) is 10.8. The van der Waals surface area contributed by atoms with E-state index in [1.807, 2.05) is 13.8 Å². The summed E-state index contributed by atoms with van der Waals surface area (Å²) in [5.41, 5.74) is 0.830. The Morgan fingerprint density at radius 3 is 2.81 bits per heavy atom. The highest BCUT2D eigenvalue weighted by Gasteiger charge is 2.17. The molecule has 0 saturated heterocycles. The Kier molecular flexibility index (Phi) is 4.42. The Morgan fingerprint density at radius 2 is 2.25 bits per heavy atom. The van der Waals surface area contributed by atoms with E-state index in [1.54, 1.807) is 6.92 Å². The first-order valence-electron chi connectivity index (χ1n) is 5.24. The van der Waals surface area contributed by atoms with Crippen molar-refractivity contribution in [3.63, 3.8) is 0 Å². The molecule has 0 atom stereocenters. The third kappa shape index (κ3) is 3.03. The molecule has 0 aliphatic heterocycles. The zero-order chi connectivity index (χ0) is 12.1. The molecule has 0 aliphatic rings. The summed E-state index contributed by atoms with van der Waals surface area (Å²) in [5, 5.41) is 16.3. The molecule has 0 radical (unpaired) electrons. The highest BCUT2D eigenvalue weighted by Crippen LogP contribution is 2.06. The van der Waals surface area contributed by atoms with Crippen LogP contribution in [-0.2, 0) is 11.3 Å². The molecule has 0 aliphatic carbocycles. The standard InChI is InChI=1S/C10H17N3O3/c1-7(2)6-16-10(15)9-8(3)13(4-5-14)12-11-9/h7,14H,4-6H2,1-3H3. The minimum Gasteiger partial charge on any atom is -0.461 e. The number of aliphatic hydroxyl groups excluding tert-OH is 1. The summed E-state index contributed by atoms with van der Waals surface area (Å²) < 4.78 is 6.52. The molecule has 1 N–H and O–H groups in total. The van der Waals surface area contributed by atoms with Crippen molar-refractivity contribution in [3.8, 4) is 0 Å². The summed E-state index contributed by atoms with van der Waals surface area (Å²) in [7, 11) is 0. The third-order valence-electron chi connectivity index (χ3n) is 2.04. The van der Waals surface area contributed by atoms with Crippen molar-refractivity contribution >= 4 is 5.97 Å². The van der Waals surface area contributed by atoms with Crippen molar-refractivity contribution in [2.45, 2.75) is 27.3 Å². The summed E-state index contributed by atoms with van der Waals surface area (Å²) in [6.45, 7) is 6.30. The molecule has 1 heterocycles. The zero-order valence-corrected chi connectivity index (χ0v) is 9.80. The second-order valence-electron chi connectivity index (χ2n) is 3.96. The fourth-order valence-corrected chi connectivity index (χ4v) is 1.17. The second-order valence-corrected chi connectivity index (χ2v) is 3.96. The molecule has 16 heavy (non-hydrogen) atoms. The number of esters is 1. The Hall–Kier alpha value is -1.43. The SMILES string of the molecule is Cc1c(C(=O)OCC(C)C)nnn1CCO. The maximum atomic E-state index is 11.6. The van der Waals surface area contributed by atoms with Crippen LogP contribution in [0.5, 0.6) is 0 Å². The van der Waals surface area contributed by atoms with Gasteiger partial charge >= 0.3 is 5.97 Å². The van der Waals surface area contributed by atoms with Gasteiger partial charge in [0.05, 0.1) is 25.5 Å². The van der Waals surface area contributed by atoms with Gasteiger partial charge in [-0.15, -0.1) is 5.10 Å². The number of aromatic nitrogens is 3. The lowest BCUT2D eigenvalue weighted by atomic mass is 10.2. The maximum Gasteiger partial charge on any atom is 0.360 e. The quantitative estimate of drug-likeness (QED) is 0.736. The zero-order valence-electron chi connectivity index (χ0n) is 9.80. The van der Waals surface area contributed by atoms with Crippen LogP contribution in [0.25, 0.3) is 0 Å². The van der Waals surface area contributed by atoms with Gasteiger partial charge in [-0.2, -0.15) is 0 Å². The molecule has 90 valence electrons. The first-order valence-corrected chi connectivity index (χ1v) is 5.24. The molecule has 6 heteroatoms. The number of rotatable bonds is 5. The van der Waals surface area contributed by atoms with Crippen LogP contribution in [0.1, 0.15) is 30.0 Å². The summed E-state index contributed by atoms with van der Waals surface area (Å²) in [5.74, 6) is -0.174. The van der Waals surface area contributed by atoms with Gasteiger partial charge in [0.2, 0.25) is 0 Å². The van der Waals surface area contributed by atoms with Gasteiger partial charge in [0.25, 0.3) is 0 Å². The van der Waals surface area contributed by atoms with Gasteiger partial charge in [-0.1, -0.05) is 19.1 Å². The molecule has 0 unspecified atom stereocenters. The van der Waals surface area contributed by atoms with Gasteiger partial charge in [-0.3, -0.25) is 0 Å². The van der Waals surface area contributed by atoms with Crippen molar-refractivity contribution in [3.05, 3.63) is 11.4 Å². The molecule has 0 spiro atoms. The molecule has 6 nitrogen and oxygen atoms in total. The van der Waals surface area contributed by atoms with Crippen molar-refractivity contribution in [2.75, 3.05) is 13.2 Å². The van der Waals surface area contributed by atoms with E-state index in [0.29, 0.717) is 18.8 Å². The highest BCUT2D eigenvalue weighted by molar-refractivity contribution is 5.88. The number of nitrogens with zero attached hydrogens (tertiary/aromatic N) is 3. The van der Waals surface area contributed by atoms with E-state index in [1.165, 1.54) is 4.68 Å². The molecular weight excluding hydrogens is 210 g/mol. The predicted octanol–water partition coefficient (Wildman–Crippen LogP) is 0.392. The minimum absolute atomic E-state index is 0.0370. The van der Waals surface area contributed by atoms with Crippen LogP contribution in [0.4, 0.5) is 0 Å². The number of hydrogen-bond donors (Lipinski definition) is 1. The molecule has 0 amide bonds. The monoisotopic (exact) mass is 227 g/mol. The molecule has 1 aromatic rings. The number of hydrogen-bond acceptors (Lipinski definition) is 5. The number of carbonyl (C=O) groups is 1. The fourth-order valence-electron chi connectivity index (χ4n) is 1.17. The Labute approximate surface area is 94.2 Å². The third-order valence-corrected chi connectivity index (χ3v) is 2.04. The Balaban J connectivity index is 2.69. The van der Waals surface area contributed by atoms with Crippen LogP contribution >= 0.6 is 0 Å². The summed E-state index contributed by atoms with van der Waals surface area (Å²) in [4.78, 5) is 11.6. The largest absolute Gasteiger partial charge is 0.461 e. The molecule has 1 aromatic heterocycles. The van der Waals surface area contributed by atoms with E-state index in [0.717, 1.165) is 0 Å².